The van der Waals surface area contributed by atoms with E-state index in [9.17, 15) is 4.79 Å². The van der Waals surface area contributed by atoms with Crippen molar-refractivity contribution >= 4 is 11.7 Å². The van der Waals surface area contributed by atoms with Crippen molar-refractivity contribution in [1.82, 2.24) is 24.3 Å². The molecule has 7 heteroatoms. The Morgan fingerprint density at radius 3 is 2.78 bits per heavy atom. The molecular formula is C16H18N6O. The van der Waals surface area contributed by atoms with Gasteiger partial charge in [-0.3, -0.25) is 14.5 Å². The Morgan fingerprint density at radius 2 is 2.09 bits per heavy atom. The van der Waals surface area contributed by atoms with E-state index in [1.165, 1.54) is 0 Å². The van der Waals surface area contributed by atoms with Crippen molar-refractivity contribution in [2.75, 3.05) is 5.32 Å². The molecule has 0 aliphatic heterocycles. The summed E-state index contributed by atoms with van der Waals surface area (Å²) in [5, 5.41) is 7.27. The van der Waals surface area contributed by atoms with Gasteiger partial charge in [0.2, 0.25) is 0 Å². The van der Waals surface area contributed by atoms with E-state index in [1.54, 1.807) is 30.2 Å². The SMILES string of the molecule is CCc1cccnc1C(=O)Nc1cc(-c2nccn2C)nn1C. The summed E-state index contributed by atoms with van der Waals surface area (Å²) in [5.41, 5.74) is 2.05. The molecule has 0 fully saturated rings. The molecule has 23 heavy (non-hydrogen) atoms. The van der Waals surface area contributed by atoms with Crippen molar-refractivity contribution in [3.05, 3.63) is 48.0 Å². The Labute approximate surface area is 134 Å². The van der Waals surface area contributed by atoms with Crippen molar-refractivity contribution in [3.63, 3.8) is 0 Å². The molecule has 7 nitrogen and oxygen atoms in total. The van der Waals surface area contributed by atoms with Gasteiger partial charge in [-0.2, -0.15) is 5.10 Å². The molecule has 0 radical (unpaired) electrons. The fraction of sp³-hybridized carbons (Fsp3) is 0.250. The zero-order valence-corrected chi connectivity index (χ0v) is 13.3. The lowest BCUT2D eigenvalue weighted by Crippen LogP contribution is -2.17. The number of imidazole rings is 1. The second-order valence-electron chi connectivity index (χ2n) is 5.22. The largest absolute Gasteiger partial charge is 0.333 e. The van der Waals surface area contributed by atoms with Gasteiger partial charge < -0.3 is 9.88 Å². The molecule has 0 bridgehead atoms. The molecule has 3 aromatic heterocycles. The minimum Gasteiger partial charge on any atom is -0.333 e. The van der Waals surface area contributed by atoms with E-state index in [0.717, 1.165) is 17.8 Å². The van der Waals surface area contributed by atoms with Crippen molar-refractivity contribution in [1.29, 1.82) is 0 Å². The van der Waals surface area contributed by atoms with Crippen LogP contribution < -0.4 is 5.32 Å². The van der Waals surface area contributed by atoms with Crippen LogP contribution in [-0.4, -0.2) is 30.2 Å². The standard InChI is InChI=1S/C16H18N6O/c1-4-11-6-5-7-17-14(11)16(23)19-13-10-12(20-22(13)3)15-18-8-9-21(15)2/h5-10H,4H2,1-3H3,(H,19,23). The van der Waals surface area contributed by atoms with Crippen LogP contribution in [0.2, 0.25) is 0 Å². The predicted molar refractivity (Wildman–Crippen MR) is 87.0 cm³/mol. The number of nitrogens with one attached hydrogen (secondary N) is 1. The van der Waals surface area contributed by atoms with E-state index in [4.69, 9.17) is 0 Å². The summed E-state index contributed by atoms with van der Waals surface area (Å²) in [6.45, 7) is 2.00. The minimum absolute atomic E-state index is 0.239. The van der Waals surface area contributed by atoms with Crippen LogP contribution in [0.25, 0.3) is 11.5 Å². The third kappa shape index (κ3) is 2.85. The molecule has 0 aliphatic carbocycles. The van der Waals surface area contributed by atoms with Gasteiger partial charge in [-0.1, -0.05) is 13.0 Å². The first-order valence-corrected chi connectivity index (χ1v) is 7.37. The quantitative estimate of drug-likeness (QED) is 0.800. The van der Waals surface area contributed by atoms with Crippen LogP contribution in [0.4, 0.5) is 5.82 Å². The third-order valence-corrected chi connectivity index (χ3v) is 3.66. The molecule has 0 atom stereocenters. The van der Waals surface area contributed by atoms with Crippen molar-refractivity contribution in [3.8, 4) is 11.5 Å². The smallest absolute Gasteiger partial charge is 0.275 e. The molecule has 3 rings (SSSR count). The van der Waals surface area contributed by atoms with Gasteiger partial charge in [-0.15, -0.1) is 0 Å². The van der Waals surface area contributed by atoms with Gasteiger partial charge >= 0.3 is 0 Å². The zero-order valence-electron chi connectivity index (χ0n) is 13.3. The Kier molecular flexibility index (Phi) is 3.92. The molecule has 0 aromatic carbocycles. The molecule has 1 amide bonds. The number of rotatable bonds is 4. The number of carbonyl (C=O) groups excluding carboxylic acids is 1. The number of carbonyl (C=O) groups is 1. The highest BCUT2D eigenvalue weighted by molar-refractivity contribution is 6.03. The van der Waals surface area contributed by atoms with Crippen molar-refractivity contribution in [2.24, 2.45) is 14.1 Å². The van der Waals surface area contributed by atoms with Crippen LogP contribution in [0.1, 0.15) is 23.0 Å². The monoisotopic (exact) mass is 310 g/mol. The number of nitrogens with zero attached hydrogens (tertiary/aromatic N) is 5. The van der Waals surface area contributed by atoms with Crippen LogP contribution in [0.15, 0.2) is 36.8 Å². The molecule has 3 heterocycles. The summed E-state index contributed by atoms with van der Waals surface area (Å²) in [6.07, 6.45) is 5.94. The number of hydrogen-bond donors (Lipinski definition) is 1. The Bertz CT molecular complexity index is 848. The van der Waals surface area contributed by atoms with E-state index in [-0.39, 0.29) is 5.91 Å². The fourth-order valence-corrected chi connectivity index (χ4v) is 2.41. The van der Waals surface area contributed by atoms with Gasteiger partial charge in [0, 0.05) is 38.8 Å². The number of amides is 1. The topological polar surface area (TPSA) is 77.6 Å². The summed E-state index contributed by atoms with van der Waals surface area (Å²) in [7, 11) is 3.68. The number of aromatic nitrogens is 5. The third-order valence-electron chi connectivity index (χ3n) is 3.66. The molecule has 0 unspecified atom stereocenters. The number of aryl methyl sites for hydroxylation is 3. The fourth-order valence-electron chi connectivity index (χ4n) is 2.41. The van der Waals surface area contributed by atoms with Gasteiger partial charge in [-0.05, 0) is 18.1 Å². The van der Waals surface area contributed by atoms with E-state index in [1.807, 2.05) is 36.9 Å². The van der Waals surface area contributed by atoms with E-state index in [0.29, 0.717) is 17.2 Å². The predicted octanol–water partition coefficient (Wildman–Crippen LogP) is 2.03. The molecule has 118 valence electrons. The highest BCUT2D eigenvalue weighted by Gasteiger charge is 2.16. The molecule has 0 saturated heterocycles. The van der Waals surface area contributed by atoms with E-state index in [2.05, 4.69) is 20.4 Å². The van der Waals surface area contributed by atoms with Crippen molar-refractivity contribution < 1.29 is 4.79 Å². The lowest BCUT2D eigenvalue weighted by Gasteiger charge is -2.07. The summed E-state index contributed by atoms with van der Waals surface area (Å²) >= 11 is 0. The first-order chi connectivity index (χ1) is 11.1. The highest BCUT2D eigenvalue weighted by Crippen LogP contribution is 2.20. The van der Waals surface area contributed by atoms with Gasteiger partial charge in [-0.25, -0.2) is 4.98 Å². The van der Waals surface area contributed by atoms with Crippen LogP contribution >= 0.6 is 0 Å². The maximum atomic E-state index is 12.5. The molecule has 3 aromatic rings. The maximum Gasteiger partial charge on any atom is 0.275 e. The van der Waals surface area contributed by atoms with Gasteiger partial charge in [0.1, 0.15) is 17.2 Å². The Hall–Kier alpha value is -2.96. The second-order valence-corrected chi connectivity index (χ2v) is 5.22. The van der Waals surface area contributed by atoms with Crippen LogP contribution in [0.3, 0.4) is 0 Å². The Morgan fingerprint density at radius 1 is 1.26 bits per heavy atom. The summed E-state index contributed by atoms with van der Waals surface area (Å²) in [4.78, 5) is 20.9. The van der Waals surface area contributed by atoms with Gasteiger partial charge in [0.25, 0.3) is 5.91 Å². The van der Waals surface area contributed by atoms with Crippen molar-refractivity contribution in [2.45, 2.75) is 13.3 Å². The normalized spacial score (nSPS) is 10.7. The average Bonchev–Trinajstić information content (AvgIpc) is 3.13. The lowest BCUT2D eigenvalue weighted by molar-refractivity contribution is 0.102. The molecular weight excluding hydrogens is 292 g/mol. The number of hydrogen-bond acceptors (Lipinski definition) is 4. The Balaban J connectivity index is 1.87. The molecule has 1 N–H and O–H groups in total. The molecule has 0 aliphatic rings. The van der Waals surface area contributed by atoms with Crippen LogP contribution in [0.5, 0.6) is 0 Å². The second kappa shape index (κ2) is 6.04. The number of anilines is 1. The van der Waals surface area contributed by atoms with E-state index < -0.39 is 0 Å². The molecule has 0 spiro atoms. The first-order valence-electron chi connectivity index (χ1n) is 7.37. The summed E-state index contributed by atoms with van der Waals surface area (Å²) in [6, 6.07) is 5.54. The summed E-state index contributed by atoms with van der Waals surface area (Å²) in [5.74, 6) is 1.10. The van der Waals surface area contributed by atoms with Gasteiger partial charge in [0.15, 0.2) is 5.82 Å². The van der Waals surface area contributed by atoms with Crippen LogP contribution in [0, 0.1) is 0 Å². The lowest BCUT2D eigenvalue weighted by atomic mass is 10.1. The number of pyridine rings is 1. The average molecular weight is 310 g/mol. The van der Waals surface area contributed by atoms with Crippen LogP contribution in [-0.2, 0) is 20.5 Å². The maximum absolute atomic E-state index is 12.5. The molecule has 0 saturated carbocycles. The van der Waals surface area contributed by atoms with E-state index >= 15 is 0 Å². The first kappa shape index (κ1) is 15.0. The van der Waals surface area contributed by atoms with Gasteiger partial charge in [0.05, 0.1) is 0 Å². The zero-order chi connectivity index (χ0) is 16.4. The minimum atomic E-state index is -0.239. The summed E-state index contributed by atoms with van der Waals surface area (Å²) < 4.78 is 3.50. The highest BCUT2D eigenvalue weighted by atomic mass is 16.2.